The lowest BCUT2D eigenvalue weighted by atomic mass is 9.95. The minimum absolute atomic E-state index is 0.0109. The average molecular weight is 204 g/mol. The van der Waals surface area contributed by atoms with Crippen LogP contribution in [-0.4, -0.2) is 5.60 Å². The van der Waals surface area contributed by atoms with Crippen molar-refractivity contribution in [2.75, 3.05) is 0 Å². The van der Waals surface area contributed by atoms with Crippen LogP contribution in [0.5, 0.6) is 5.75 Å². The first-order valence-electron chi connectivity index (χ1n) is 5.85. The second kappa shape index (κ2) is 3.88. The summed E-state index contributed by atoms with van der Waals surface area (Å²) in [5.74, 6) is 1.10. The molecule has 15 heavy (non-hydrogen) atoms. The fourth-order valence-electron chi connectivity index (χ4n) is 2.18. The lowest BCUT2D eigenvalue weighted by Crippen LogP contribution is -2.29. The number of hydrogen-bond acceptors (Lipinski definition) is 1. The Morgan fingerprint density at radius 3 is 2.80 bits per heavy atom. The van der Waals surface area contributed by atoms with Crippen LogP contribution < -0.4 is 4.74 Å². The summed E-state index contributed by atoms with van der Waals surface area (Å²) in [5.41, 5.74) is 2.64. The Morgan fingerprint density at radius 2 is 2.00 bits per heavy atom. The minimum atomic E-state index is -0.0109. The van der Waals surface area contributed by atoms with E-state index in [0.29, 0.717) is 0 Å². The van der Waals surface area contributed by atoms with Gasteiger partial charge in [-0.25, -0.2) is 0 Å². The summed E-state index contributed by atoms with van der Waals surface area (Å²) in [6.07, 6.45) is 4.86. The minimum Gasteiger partial charge on any atom is -0.488 e. The molecule has 0 aliphatic carbocycles. The standard InChI is InChI=1S/C14H20O/c1-11-7-8-12-6-4-5-9-14(2,3)15-13(12)10-11/h7-8,10H,4-6,9H2,1-3H3. The van der Waals surface area contributed by atoms with E-state index in [9.17, 15) is 0 Å². The van der Waals surface area contributed by atoms with E-state index in [1.165, 1.54) is 24.0 Å². The molecule has 1 aliphatic heterocycles. The summed E-state index contributed by atoms with van der Waals surface area (Å²) in [4.78, 5) is 0. The molecule has 1 heteroatoms. The zero-order valence-corrected chi connectivity index (χ0v) is 9.97. The smallest absolute Gasteiger partial charge is 0.123 e. The van der Waals surface area contributed by atoms with Gasteiger partial charge < -0.3 is 4.74 Å². The number of ether oxygens (including phenoxy) is 1. The van der Waals surface area contributed by atoms with Crippen LogP contribution in [0.1, 0.15) is 44.2 Å². The van der Waals surface area contributed by atoms with Crippen molar-refractivity contribution in [3.63, 3.8) is 0 Å². The Balaban J connectivity index is 2.35. The van der Waals surface area contributed by atoms with Crippen molar-refractivity contribution in [3.05, 3.63) is 29.3 Å². The predicted octanol–water partition coefficient (Wildman–Crippen LogP) is 3.88. The van der Waals surface area contributed by atoms with E-state index >= 15 is 0 Å². The summed E-state index contributed by atoms with van der Waals surface area (Å²) in [5, 5.41) is 0. The molecule has 0 spiro atoms. The van der Waals surface area contributed by atoms with Crippen molar-refractivity contribution < 1.29 is 4.74 Å². The maximum atomic E-state index is 6.11. The van der Waals surface area contributed by atoms with E-state index in [0.717, 1.165) is 18.6 Å². The molecule has 0 amide bonds. The van der Waals surface area contributed by atoms with E-state index < -0.39 is 0 Å². The van der Waals surface area contributed by atoms with Crippen LogP contribution in [0.4, 0.5) is 0 Å². The Labute approximate surface area is 92.5 Å². The quantitative estimate of drug-likeness (QED) is 0.623. The molecule has 1 aromatic carbocycles. The summed E-state index contributed by atoms with van der Waals surface area (Å²) >= 11 is 0. The molecular weight excluding hydrogens is 184 g/mol. The van der Waals surface area contributed by atoms with Crippen LogP contribution in [0, 0.1) is 6.92 Å². The third-order valence-electron chi connectivity index (χ3n) is 3.08. The first kappa shape index (κ1) is 10.5. The summed E-state index contributed by atoms with van der Waals surface area (Å²) < 4.78 is 6.11. The topological polar surface area (TPSA) is 9.23 Å². The Kier molecular flexibility index (Phi) is 2.72. The molecule has 1 nitrogen and oxygen atoms in total. The molecule has 1 heterocycles. The second-order valence-corrected chi connectivity index (χ2v) is 5.18. The van der Waals surface area contributed by atoms with Crippen LogP contribution in [0.3, 0.4) is 0 Å². The zero-order valence-electron chi connectivity index (χ0n) is 9.97. The summed E-state index contributed by atoms with van der Waals surface area (Å²) in [7, 11) is 0. The molecule has 1 aromatic rings. The highest BCUT2D eigenvalue weighted by Gasteiger charge is 2.22. The lowest BCUT2D eigenvalue weighted by Gasteiger charge is -2.30. The van der Waals surface area contributed by atoms with Crippen LogP contribution >= 0.6 is 0 Å². The van der Waals surface area contributed by atoms with Crippen molar-refractivity contribution in [1.29, 1.82) is 0 Å². The molecule has 0 unspecified atom stereocenters. The van der Waals surface area contributed by atoms with Crippen molar-refractivity contribution in [2.24, 2.45) is 0 Å². The largest absolute Gasteiger partial charge is 0.488 e. The van der Waals surface area contributed by atoms with E-state index in [-0.39, 0.29) is 5.60 Å². The number of rotatable bonds is 0. The van der Waals surface area contributed by atoms with Crippen molar-refractivity contribution >= 4 is 0 Å². The van der Waals surface area contributed by atoms with Gasteiger partial charge in [-0.15, -0.1) is 0 Å². The number of benzene rings is 1. The molecule has 1 aliphatic rings. The van der Waals surface area contributed by atoms with Crippen LogP contribution in [0.25, 0.3) is 0 Å². The Hall–Kier alpha value is -0.980. The van der Waals surface area contributed by atoms with Crippen molar-refractivity contribution in [2.45, 2.75) is 52.1 Å². The lowest BCUT2D eigenvalue weighted by molar-refractivity contribution is 0.0911. The second-order valence-electron chi connectivity index (χ2n) is 5.18. The molecule has 0 saturated carbocycles. The molecular formula is C14H20O. The SMILES string of the molecule is Cc1ccc2c(c1)OC(C)(C)CCCC2. The van der Waals surface area contributed by atoms with Crippen molar-refractivity contribution in [1.82, 2.24) is 0 Å². The van der Waals surface area contributed by atoms with Gasteiger partial charge in [0.1, 0.15) is 11.4 Å². The highest BCUT2D eigenvalue weighted by Crippen LogP contribution is 2.31. The fourth-order valence-corrected chi connectivity index (χ4v) is 2.18. The van der Waals surface area contributed by atoms with Gasteiger partial charge >= 0.3 is 0 Å². The molecule has 0 saturated heterocycles. The van der Waals surface area contributed by atoms with E-state index in [1.54, 1.807) is 0 Å². The van der Waals surface area contributed by atoms with Crippen LogP contribution in [0.15, 0.2) is 18.2 Å². The van der Waals surface area contributed by atoms with E-state index in [4.69, 9.17) is 4.74 Å². The van der Waals surface area contributed by atoms with Gasteiger partial charge in [0.05, 0.1) is 0 Å². The molecule has 2 rings (SSSR count). The van der Waals surface area contributed by atoms with Gasteiger partial charge in [0.15, 0.2) is 0 Å². The summed E-state index contributed by atoms with van der Waals surface area (Å²) in [6.45, 7) is 6.49. The van der Waals surface area contributed by atoms with E-state index in [1.807, 2.05) is 0 Å². The van der Waals surface area contributed by atoms with Gasteiger partial charge in [0.2, 0.25) is 0 Å². The third-order valence-corrected chi connectivity index (χ3v) is 3.08. The first-order valence-corrected chi connectivity index (χ1v) is 5.85. The van der Waals surface area contributed by atoms with Gasteiger partial charge in [-0.05, 0) is 63.6 Å². The molecule has 0 fully saturated rings. The number of aryl methyl sites for hydroxylation is 2. The highest BCUT2D eigenvalue weighted by molar-refractivity contribution is 5.38. The Morgan fingerprint density at radius 1 is 1.20 bits per heavy atom. The van der Waals surface area contributed by atoms with Crippen LogP contribution in [-0.2, 0) is 6.42 Å². The zero-order chi connectivity index (χ0) is 10.9. The van der Waals surface area contributed by atoms with Crippen molar-refractivity contribution in [3.8, 4) is 5.75 Å². The maximum Gasteiger partial charge on any atom is 0.123 e. The van der Waals surface area contributed by atoms with Gasteiger partial charge in [-0.3, -0.25) is 0 Å². The number of hydrogen-bond donors (Lipinski definition) is 0. The van der Waals surface area contributed by atoms with Gasteiger partial charge in [-0.1, -0.05) is 12.1 Å². The predicted molar refractivity (Wildman–Crippen MR) is 63.4 cm³/mol. The molecule has 82 valence electrons. The fraction of sp³-hybridized carbons (Fsp3) is 0.571. The molecule has 0 radical (unpaired) electrons. The maximum absolute atomic E-state index is 6.11. The summed E-state index contributed by atoms with van der Waals surface area (Å²) in [6, 6.07) is 6.56. The molecule has 0 aromatic heterocycles. The van der Waals surface area contributed by atoms with Gasteiger partial charge in [-0.2, -0.15) is 0 Å². The van der Waals surface area contributed by atoms with Gasteiger partial charge in [0, 0.05) is 0 Å². The first-order chi connectivity index (χ1) is 7.07. The van der Waals surface area contributed by atoms with E-state index in [2.05, 4.69) is 39.0 Å². The third kappa shape index (κ3) is 2.53. The Bertz CT molecular complexity index is 352. The average Bonchev–Trinajstić information content (AvgIpc) is 2.12. The molecule has 0 bridgehead atoms. The highest BCUT2D eigenvalue weighted by atomic mass is 16.5. The monoisotopic (exact) mass is 204 g/mol. The molecule has 0 atom stereocenters. The number of fused-ring (bicyclic) bond motifs is 1. The molecule has 0 N–H and O–H groups in total. The normalized spacial score (nSPS) is 19.7. The van der Waals surface area contributed by atoms with Gasteiger partial charge in [0.25, 0.3) is 0 Å². The van der Waals surface area contributed by atoms with Crippen LogP contribution in [0.2, 0.25) is 0 Å².